The Hall–Kier alpha value is -1.69. The molecule has 0 aliphatic heterocycles. The van der Waals surface area contributed by atoms with Crippen LogP contribution in [0.4, 0.5) is 0 Å². The molecular weight excluding hydrogens is 262 g/mol. The summed E-state index contributed by atoms with van der Waals surface area (Å²) in [5.41, 5.74) is 5.94. The maximum Gasteiger partial charge on any atom is 0.254 e. The summed E-state index contributed by atoms with van der Waals surface area (Å²) in [6.07, 6.45) is 3.07. The topological polar surface area (TPSA) is 76.3 Å². The molecule has 1 aromatic heterocycles. The zero-order valence-electron chi connectivity index (χ0n) is 11.9. The van der Waals surface area contributed by atoms with Crippen molar-refractivity contribution in [1.29, 1.82) is 0 Å². The number of hydrogen-bond acceptors (Lipinski definition) is 5. The molecule has 1 rings (SSSR count). The molecule has 0 bridgehead atoms. The summed E-state index contributed by atoms with van der Waals surface area (Å²) in [5, 5.41) is 0.947. The van der Waals surface area contributed by atoms with Crippen LogP contribution in [-0.2, 0) is 15.0 Å². The van der Waals surface area contributed by atoms with Gasteiger partial charge in [0.15, 0.2) is 0 Å². The number of hydrogen-bond donors (Lipinski definition) is 1. The summed E-state index contributed by atoms with van der Waals surface area (Å²) >= 11 is 1.54. The van der Waals surface area contributed by atoms with Crippen LogP contribution in [-0.4, -0.2) is 28.7 Å². The number of allylic oxidation sites excluding steroid dienone is 1. The van der Waals surface area contributed by atoms with E-state index < -0.39 is 11.3 Å². The zero-order valence-corrected chi connectivity index (χ0v) is 12.7. The third-order valence-electron chi connectivity index (χ3n) is 3.04. The zero-order chi connectivity index (χ0) is 14.8. The van der Waals surface area contributed by atoms with Gasteiger partial charge in [-0.25, -0.2) is 4.98 Å². The minimum Gasteiger partial charge on any atom is -0.401 e. The number of rotatable bonds is 3. The van der Waals surface area contributed by atoms with Crippen LogP contribution < -0.4 is 5.73 Å². The summed E-state index contributed by atoms with van der Waals surface area (Å²) in [6, 6.07) is 0. The van der Waals surface area contributed by atoms with Crippen molar-refractivity contribution in [2.45, 2.75) is 33.1 Å². The number of aryl methyl sites for hydroxylation is 1. The van der Waals surface area contributed by atoms with Crippen LogP contribution in [0.1, 0.15) is 30.7 Å². The van der Waals surface area contributed by atoms with Crippen LogP contribution in [0.15, 0.2) is 18.0 Å². The van der Waals surface area contributed by atoms with Crippen LogP contribution in [0.2, 0.25) is 0 Å². The maximum atomic E-state index is 11.8. The van der Waals surface area contributed by atoms with Crippen molar-refractivity contribution in [3.8, 4) is 0 Å². The van der Waals surface area contributed by atoms with Crippen LogP contribution in [0, 0.1) is 6.92 Å². The fourth-order valence-corrected chi connectivity index (χ4v) is 2.26. The van der Waals surface area contributed by atoms with Crippen molar-refractivity contribution in [2.24, 2.45) is 5.73 Å². The normalized spacial score (nSPS) is 12.4. The van der Waals surface area contributed by atoms with E-state index in [-0.39, 0.29) is 5.91 Å². The Labute approximate surface area is 117 Å². The molecule has 0 aliphatic rings. The van der Waals surface area contributed by atoms with Crippen molar-refractivity contribution in [3.05, 3.63) is 27.9 Å². The van der Waals surface area contributed by atoms with E-state index in [4.69, 9.17) is 5.73 Å². The third-order valence-corrected chi connectivity index (χ3v) is 4.28. The quantitative estimate of drug-likeness (QED) is 0.853. The summed E-state index contributed by atoms with van der Waals surface area (Å²) in [4.78, 5) is 29.1. The first-order valence-electron chi connectivity index (χ1n) is 5.85. The van der Waals surface area contributed by atoms with E-state index in [0.717, 1.165) is 14.8 Å². The first-order valence-corrected chi connectivity index (χ1v) is 6.66. The molecule has 1 aromatic rings. The molecule has 6 heteroatoms. The average molecular weight is 281 g/mol. The van der Waals surface area contributed by atoms with Gasteiger partial charge in [0.2, 0.25) is 5.91 Å². The van der Waals surface area contributed by atoms with Crippen LogP contribution in [0.3, 0.4) is 0 Å². The Bertz CT molecular complexity index is 532. The highest BCUT2D eigenvalue weighted by Gasteiger charge is 2.27. The van der Waals surface area contributed by atoms with Crippen molar-refractivity contribution in [3.63, 3.8) is 0 Å². The number of nitrogens with two attached hydrogens (primary N) is 1. The molecule has 0 unspecified atom stereocenters. The Morgan fingerprint density at radius 1 is 1.47 bits per heavy atom. The van der Waals surface area contributed by atoms with Crippen molar-refractivity contribution in [2.75, 3.05) is 7.05 Å². The number of amides is 2. The van der Waals surface area contributed by atoms with E-state index >= 15 is 0 Å². The van der Waals surface area contributed by atoms with E-state index in [9.17, 15) is 9.59 Å². The highest BCUT2D eigenvalue weighted by molar-refractivity contribution is 7.11. The number of carbonyl (C=O) groups is 2. The highest BCUT2D eigenvalue weighted by atomic mass is 32.1. The van der Waals surface area contributed by atoms with Crippen molar-refractivity contribution >= 4 is 23.2 Å². The van der Waals surface area contributed by atoms with E-state index in [2.05, 4.69) is 4.98 Å². The molecule has 104 valence electrons. The fourth-order valence-electron chi connectivity index (χ4n) is 1.36. The van der Waals surface area contributed by atoms with Gasteiger partial charge < -0.3 is 5.73 Å². The van der Waals surface area contributed by atoms with Crippen LogP contribution in [0.5, 0.6) is 0 Å². The fraction of sp³-hybridized carbons (Fsp3) is 0.462. The molecule has 1 heterocycles. The lowest BCUT2D eigenvalue weighted by atomic mass is 9.88. The number of likely N-dealkylation sites (N-methyl/N-ethyl adjacent to an activating group) is 1. The monoisotopic (exact) mass is 281 g/mol. The van der Waals surface area contributed by atoms with E-state index in [1.807, 2.05) is 20.8 Å². The van der Waals surface area contributed by atoms with Crippen LogP contribution >= 0.6 is 11.3 Å². The van der Waals surface area contributed by atoms with E-state index in [0.29, 0.717) is 5.70 Å². The summed E-state index contributed by atoms with van der Waals surface area (Å²) in [7, 11) is 1.43. The minimum absolute atomic E-state index is 0.319. The van der Waals surface area contributed by atoms with Gasteiger partial charge >= 0.3 is 0 Å². The lowest BCUT2D eigenvalue weighted by Crippen LogP contribution is -2.32. The molecule has 19 heavy (non-hydrogen) atoms. The number of carbonyl (C=O) groups excluding carboxylic acids is 2. The largest absolute Gasteiger partial charge is 0.401 e. The van der Waals surface area contributed by atoms with Crippen molar-refractivity contribution in [1.82, 2.24) is 9.88 Å². The molecule has 0 fully saturated rings. The molecule has 0 aromatic carbocycles. The highest BCUT2D eigenvalue weighted by Crippen LogP contribution is 2.32. The molecule has 5 nitrogen and oxygen atoms in total. The molecule has 0 saturated carbocycles. The molecule has 0 atom stereocenters. The van der Waals surface area contributed by atoms with Gasteiger partial charge in [0.1, 0.15) is 0 Å². The molecule has 2 N–H and O–H groups in total. The third kappa shape index (κ3) is 3.41. The molecular formula is C13H19N3O2S. The van der Waals surface area contributed by atoms with Gasteiger partial charge in [0.25, 0.3) is 5.91 Å². The predicted octanol–water partition coefficient (Wildman–Crippen LogP) is 1.58. The predicted molar refractivity (Wildman–Crippen MR) is 75.6 cm³/mol. The summed E-state index contributed by atoms with van der Waals surface area (Å²) < 4.78 is 0. The van der Waals surface area contributed by atoms with Gasteiger partial charge in [-0.2, -0.15) is 0 Å². The minimum atomic E-state index is -0.487. The summed E-state index contributed by atoms with van der Waals surface area (Å²) in [6.45, 7) is 7.10. The summed E-state index contributed by atoms with van der Waals surface area (Å²) in [5.74, 6) is -0.736. The number of imide groups is 1. The molecule has 0 spiro atoms. The van der Waals surface area contributed by atoms with Crippen LogP contribution in [0.25, 0.3) is 0 Å². The lowest BCUT2D eigenvalue weighted by Gasteiger charge is -2.24. The smallest absolute Gasteiger partial charge is 0.254 e. The SMILES string of the molecule is CC(=O)N(C)C(=O)C=C(N)C(C)(C)c1cnc(C)s1. The second-order valence-electron chi connectivity index (χ2n) is 4.88. The van der Waals surface area contributed by atoms with Gasteiger partial charge in [0, 0.05) is 42.2 Å². The van der Waals surface area contributed by atoms with Gasteiger partial charge in [-0.15, -0.1) is 11.3 Å². The molecule has 2 amide bonds. The number of thiazole rings is 1. The van der Waals surface area contributed by atoms with E-state index in [1.165, 1.54) is 20.0 Å². The van der Waals surface area contributed by atoms with Gasteiger partial charge in [-0.1, -0.05) is 0 Å². The Morgan fingerprint density at radius 2 is 2.05 bits per heavy atom. The standard InChI is InChI=1S/C13H19N3O2S/c1-8-15-7-11(19-8)13(3,4)10(14)6-12(18)16(5)9(2)17/h6-7H,14H2,1-5H3. The second-order valence-corrected chi connectivity index (χ2v) is 6.12. The van der Waals surface area contributed by atoms with Gasteiger partial charge in [-0.3, -0.25) is 14.5 Å². The first kappa shape index (κ1) is 15.4. The van der Waals surface area contributed by atoms with Crippen molar-refractivity contribution < 1.29 is 9.59 Å². The molecule has 0 radical (unpaired) electrons. The number of nitrogens with zero attached hydrogens (tertiary/aromatic N) is 2. The molecule has 0 aliphatic carbocycles. The van der Waals surface area contributed by atoms with E-state index in [1.54, 1.807) is 17.5 Å². The number of aromatic nitrogens is 1. The second kappa shape index (κ2) is 5.52. The van der Waals surface area contributed by atoms with Gasteiger partial charge in [0.05, 0.1) is 5.01 Å². The van der Waals surface area contributed by atoms with Gasteiger partial charge in [-0.05, 0) is 20.8 Å². The Balaban J connectivity index is 3.01. The molecule has 0 saturated heterocycles. The first-order chi connectivity index (χ1) is 8.66. The Kier molecular flexibility index (Phi) is 4.47. The Morgan fingerprint density at radius 3 is 2.47 bits per heavy atom. The lowest BCUT2D eigenvalue weighted by molar-refractivity contribution is -0.138. The maximum absolute atomic E-state index is 11.8. The average Bonchev–Trinajstić information content (AvgIpc) is 2.75.